The van der Waals surface area contributed by atoms with E-state index >= 15 is 0 Å². The summed E-state index contributed by atoms with van der Waals surface area (Å²) in [4.78, 5) is 36.3. The number of carbonyl (C=O) groups excluding carboxylic acids is 3. The molecular formula is C14H16N2O3. The van der Waals surface area contributed by atoms with Crippen molar-refractivity contribution in [3.8, 4) is 0 Å². The summed E-state index contributed by atoms with van der Waals surface area (Å²) < 4.78 is 0. The zero-order chi connectivity index (χ0) is 13.8. The largest absolute Gasteiger partial charge is 0.298 e. The number of hydrogen-bond acceptors (Lipinski definition) is 4. The summed E-state index contributed by atoms with van der Waals surface area (Å²) >= 11 is 0. The molecule has 1 unspecified atom stereocenters. The van der Waals surface area contributed by atoms with Gasteiger partial charge in [0.15, 0.2) is 5.78 Å². The van der Waals surface area contributed by atoms with Crippen LogP contribution in [0.2, 0.25) is 0 Å². The molecule has 1 aliphatic rings. The molecule has 1 heterocycles. The highest BCUT2D eigenvalue weighted by atomic mass is 16.2. The fourth-order valence-corrected chi connectivity index (χ4v) is 2.07. The van der Waals surface area contributed by atoms with Crippen molar-refractivity contribution in [2.45, 2.75) is 19.4 Å². The van der Waals surface area contributed by atoms with Crippen LogP contribution in [0.5, 0.6) is 0 Å². The summed E-state index contributed by atoms with van der Waals surface area (Å²) in [5.74, 6) is -0.695. The average Bonchev–Trinajstić information content (AvgIpc) is 2.36. The molecule has 1 fully saturated rings. The lowest BCUT2D eigenvalue weighted by atomic mass is 10.1. The Kier molecular flexibility index (Phi) is 4.06. The summed E-state index contributed by atoms with van der Waals surface area (Å²) in [6.07, 6.45) is 0.319. The molecule has 1 N–H and O–H groups in total. The lowest BCUT2D eigenvalue weighted by molar-refractivity contribution is -0.140. The zero-order valence-corrected chi connectivity index (χ0v) is 10.8. The van der Waals surface area contributed by atoms with Gasteiger partial charge in [0.2, 0.25) is 11.8 Å². The van der Waals surface area contributed by atoms with E-state index in [0.29, 0.717) is 6.42 Å². The summed E-state index contributed by atoms with van der Waals surface area (Å²) in [6.45, 7) is 1.90. The quantitative estimate of drug-likeness (QED) is 0.782. The van der Waals surface area contributed by atoms with E-state index in [1.54, 1.807) is 11.8 Å². The maximum Gasteiger partial charge on any atom is 0.243 e. The fourth-order valence-electron chi connectivity index (χ4n) is 2.07. The average molecular weight is 260 g/mol. The van der Waals surface area contributed by atoms with Gasteiger partial charge in [-0.05, 0) is 12.5 Å². The SMILES string of the molecule is CC1C(=O)NC(=O)CN1CC(=O)Cc1ccccc1. The topological polar surface area (TPSA) is 66.5 Å². The molecule has 19 heavy (non-hydrogen) atoms. The van der Waals surface area contributed by atoms with Gasteiger partial charge in [0, 0.05) is 6.42 Å². The standard InChI is InChI=1S/C14H16N2O3/c1-10-14(19)15-13(18)9-16(10)8-12(17)7-11-5-3-2-4-6-11/h2-6,10H,7-9H2,1H3,(H,15,18,19). The number of Topliss-reactive ketones (excluding diaryl/α,β-unsaturated/α-hetero) is 1. The third-order valence-corrected chi connectivity index (χ3v) is 3.16. The summed E-state index contributed by atoms with van der Waals surface area (Å²) in [5.41, 5.74) is 0.938. The Morgan fingerprint density at radius 1 is 1.32 bits per heavy atom. The Balaban J connectivity index is 1.95. The molecule has 0 bridgehead atoms. The second-order valence-corrected chi connectivity index (χ2v) is 4.69. The minimum Gasteiger partial charge on any atom is -0.298 e. The van der Waals surface area contributed by atoms with Crippen LogP contribution in [0.4, 0.5) is 0 Å². The molecule has 5 heteroatoms. The Bertz CT molecular complexity index is 499. The fraction of sp³-hybridized carbons (Fsp3) is 0.357. The number of carbonyl (C=O) groups is 3. The van der Waals surface area contributed by atoms with Crippen molar-refractivity contribution in [1.29, 1.82) is 0 Å². The van der Waals surface area contributed by atoms with Gasteiger partial charge in [-0.25, -0.2) is 0 Å². The molecule has 1 aromatic carbocycles. The second-order valence-electron chi connectivity index (χ2n) is 4.69. The highest BCUT2D eigenvalue weighted by Crippen LogP contribution is 2.06. The van der Waals surface area contributed by atoms with Crippen LogP contribution in [-0.4, -0.2) is 41.6 Å². The van der Waals surface area contributed by atoms with Gasteiger partial charge in [-0.15, -0.1) is 0 Å². The Morgan fingerprint density at radius 2 is 2.00 bits per heavy atom. The van der Waals surface area contributed by atoms with Gasteiger partial charge in [0.05, 0.1) is 19.1 Å². The molecule has 100 valence electrons. The van der Waals surface area contributed by atoms with Gasteiger partial charge in [-0.2, -0.15) is 0 Å². The lowest BCUT2D eigenvalue weighted by Gasteiger charge is -2.30. The third kappa shape index (κ3) is 3.48. The minimum absolute atomic E-state index is 0.000509. The van der Waals surface area contributed by atoms with Crippen LogP contribution in [0.3, 0.4) is 0 Å². The molecular weight excluding hydrogens is 244 g/mol. The molecule has 1 atom stereocenters. The van der Waals surface area contributed by atoms with Crippen LogP contribution in [-0.2, 0) is 20.8 Å². The van der Waals surface area contributed by atoms with Gasteiger partial charge in [0.25, 0.3) is 0 Å². The molecule has 1 aliphatic heterocycles. The summed E-state index contributed by atoms with van der Waals surface area (Å²) in [5, 5.41) is 2.25. The van der Waals surface area contributed by atoms with Crippen molar-refractivity contribution in [1.82, 2.24) is 10.2 Å². The van der Waals surface area contributed by atoms with Crippen LogP contribution < -0.4 is 5.32 Å². The van der Waals surface area contributed by atoms with E-state index in [9.17, 15) is 14.4 Å². The normalized spacial score (nSPS) is 20.2. The number of imide groups is 1. The molecule has 2 rings (SSSR count). The number of ketones is 1. The Morgan fingerprint density at radius 3 is 2.68 bits per heavy atom. The molecule has 0 radical (unpaired) electrons. The Hall–Kier alpha value is -2.01. The number of rotatable bonds is 4. The molecule has 2 amide bonds. The van der Waals surface area contributed by atoms with E-state index in [0.717, 1.165) is 5.56 Å². The van der Waals surface area contributed by atoms with Gasteiger partial charge in [-0.3, -0.25) is 24.6 Å². The first kappa shape index (κ1) is 13.4. The van der Waals surface area contributed by atoms with Crippen molar-refractivity contribution in [2.24, 2.45) is 0 Å². The van der Waals surface area contributed by atoms with Gasteiger partial charge < -0.3 is 0 Å². The van der Waals surface area contributed by atoms with E-state index < -0.39 is 6.04 Å². The number of nitrogens with one attached hydrogen (secondary N) is 1. The molecule has 5 nitrogen and oxygen atoms in total. The highest BCUT2D eigenvalue weighted by Gasteiger charge is 2.31. The van der Waals surface area contributed by atoms with E-state index in [4.69, 9.17) is 0 Å². The zero-order valence-electron chi connectivity index (χ0n) is 10.8. The molecule has 0 saturated carbocycles. The minimum atomic E-state index is -0.447. The predicted octanol–water partition coefficient (Wildman–Crippen LogP) is 0.145. The van der Waals surface area contributed by atoms with Crippen LogP contribution in [0, 0.1) is 0 Å². The van der Waals surface area contributed by atoms with E-state index in [-0.39, 0.29) is 30.7 Å². The molecule has 0 aromatic heterocycles. The first-order valence-corrected chi connectivity index (χ1v) is 6.19. The predicted molar refractivity (Wildman–Crippen MR) is 69.3 cm³/mol. The van der Waals surface area contributed by atoms with Crippen LogP contribution in [0.25, 0.3) is 0 Å². The van der Waals surface area contributed by atoms with Crippen molar-refractivity contribution < 1.29 is 14.4 Å². The maximum absolute atomic E-state index is 12.0. The van der Waals surface area contributed by atoms with Crippen LogP contribution >= 0.6 is 0 Å². The van der Waals surface area contributed by atoms with Crippen LogP contribution in [0.15, 0.2) is 30.3 Å². The summed E-state index contributed by atoms with van der Waals surface area (Å²) in [7, 11) is 0. The van der Waals surface area contributed by atoms with Crippen molar-refractivity contribution >= 4 is 17.6 Å². The molecule has 1 aromatic rings. The maximum atomic E-state index is 12.0. The number of benzene rings is 1. The second kappa shape index (κ2) is 5.75. The molecule has 0 spiro atoms. The Labute approximate surface area is 111 Å². The first-order valence-electron chi connectivity index (χ1n) is 6.19. The molecule has 1 saturated heterocycles. The van der Waals surface area contributed by atoms with Crippen LogP contribution in [0.1, 0.15) is 12.5 Å². The summed E-state index contributed by atoms with van der Waals surface area (Å²) in [6, 6.07) is 8.97. The number of nitrogens with zero attached hydrogens (tertiary/aromatic N) is 1. The van der Waals surface area contributed by atoms with E-state index in [1.807, 2.05) is 30.3 Å². The number of amides is 2. The van der Waals surface area contributed by atoms with Crippen molar-refractivity contribution in [2.75, 3.05) is 13.1 Å². The first-order chi connectivity index (χ1) is 9.06. The monoisotopic (exact) mass is 260 g/mol. The smallest absolute Gasteiger partial charge is 0.243 e. The lowest BCUT2D eigenvalue weighted by Crippen LogP contribution is -2.57. The third-order valence-electron chi connectivity index (χ3n) is 3.16. The van der Waals surface area contributed by atoms with Crippen molar-refractivity contribution in [3.63, 3.8) is 0 Å². The van der Waals surface area contributed by atoms with E-state index in [1.165, 1.54) is 0 Å². The van der Waals surface area contributed by atoms with E-state index in [2.05, 4.69) is 5.32 Å². The van der Waals surface area contributed by atoms with Gasteiger partial charge in [0.1, 0.15) is 0 Å². The van der Waals surface area contributed by atoms with Gasteiger partial charge in [-0.1, -0.05) is 30.3 Å². The highest BCUT2D eigenvalue weighted by molar-refractivity contribution is 6.01. The number of hydrogen-bond donors (Lipinski definition) is 1. The number of piperazine rings is 1. The van der Waals surface area contributed by atoms with Gasteiger partial charge >= 0.3 is 0 Å². The van der Waals surface area contributed by atoms with Crippen molar-refractivity contribution in [3.05, 3.63) is 35.9 Å². The molecule has 0 aliphatic carbocycles.